The van der Waals surface area contributed by atoms with Gasteiger partial charge in [-0.05, 0) is 0 Å². The summed E-state index contributed by atoms with van der Waals surface area (Å²) in [6.45, 7) is 0. The average molecular weight is 162 g/mol. The van der Waals surface area contributed by atoms with Crippen LogP contribution in [-0.2, 0) is 0 Å². The Balaban J connectivity index is 2.57. The molecule has 1 aliphatic rings. The van der Waals surface area contributed by atoms with Crippen molar-refractivity contribution in [2.75, 3.05) is 0 Å². The van der Waals surface area contributed by atoms with Crippen molar-refractivity contribution >= 4 is 8.07 Å². The summed E-state index contributed by atoms with van der Waals surface area (Å²) in [5.41, 5.74) is 0. The van der Waals surface area contributed by atoms with Crippen LogP contribution < -0.4 is 0 Å². The lowest BCUT2D eigenvalue weighted by atomic mass is 10.4. The van der Waals surface area contributed by atoms with Gasteiger partial charge < -0.3 is 0 Å². The summed E-state index contributed by atoms with van der Waals surface area (Å²) in [6, 6.07) is 4.78. The SMILES string of the molecule is C#CC[Si]1(CC#C)CCCC1. The van der Waals surface area contributed by atoms with Gasteiger partial charge in [0, 0.05) is 12.1 Å². The normalized spacial score (nSPS) is 20.5. The van der Waals surface area contributed by atoms with Gasteiger partial charge in [0.15, 0.2) is 0 Å². The van der Waals surface area contributed by atoms with Crippen molar-refractivity contribution in [2.24, 2.45) is 0 Å². The van der Waals surface area contributed by atoms with Crippen LogP contribution >= 0.6 is 0 Å². The third-order valence-electron chi connectivity index (χ3n) is 2.62. The zero-order valence-electron chi connectivity index (χ0n) is 6.90. The minimum Gasteiger partial charge on any atom is -0.120 e. The van der Waals surface area contributed by atoms with Crippen molar-refractivity contribution in [3.63, 3.8) is 0 Å². The lowest BCUT2D eigenvalue weighted by Gasteiger charge is -2.20. The van der Waals surface area contributed by atoms with E-state index in [1.54, 1.807) is 0 Å². The summed E-state index contributed by atoms with van der Waals surface area (Å²) < 4.78 is 0. The molecular formula is C10H14Si. The van der Waals surface area contributed by atoms with Gasteiger partial charge in [0.1, 0.15) is 0 Å². The minimum atomic E-state index is -1.10. The number of hydrogen-bond acceptors (Lipinski definition) is 0. The van der Waals surface area contributed by atoms with Crippen LogP contribution in [0.3, 0.4) is 0 Å². The molecule has 1 saturated heterocycles. The molecule has 1 rings (SSSR count). The Kier molecular flexibility index (Phi) is 2.80. The van der Waals surface area contributed by atoms with E-state index in [1.165, 1.54) is 24.9 Å². The fourth-order valence-electron chi connectivity index (χ4n) is 1.97. The lowest BCUT2D eigenvalue weighted by Crippen LogP contribution is -2.28. The quantitative estimate of drug-likeness (QED) is 0.432. The van der Waals surface area contributed by atoms with Gasteiger partial charge in [0.25, 0.3) is 0 Å². The van der Waals surface area contributed by atoms with E-state index in [4.69, 9.17) is 12.8 Å². The smallest absolute Gasteiger partial charge is 0.0789 e. The molecule has 1 fully saturated rings. The van der Waals surface area contributed by atoms with E-state index in [0.717, 1.165) is 12.1 Å². The summed E-state index contributed by atoms with van der Waals surface area (Å²) in [5.74, 6) is 5.60. The minimum absolute atomic E-state index is 1.01. The van der Waals surface area contributed by atoms with E-state index < -0.39 is 8.07 Å². The van der Waals surface area contributed by atoms with Crippen molar-refractivity contribution in [1.82, 2.24) is 0 Å². The highest BCUT2D eigenvalue weighted by molar-refractivity contribution is 6.81. The maximum Gasteiger partial charge on any atom is 0.0789 e. The fourth-order valence-corrected chi connectivity index (χ4v) is 5.92. The molecular weight excluding hydrogens is 148 g/mol. The van der Waals surface area contributed by atoms with Crippen molar-refractivity contribution in [3.8, 4) is 24.7 Å². The van der Waals surface area contributed by atoms with Crippen LogP contribution in [0.5, 0.6) is 0 Å². The highest BCUT2D eigenvalue weighted by Gasteiger charge is 2.34. The molecule has 1 heteroatoms. The Morgan fingerprint density at radius 1 is 1.00 bits per heavy atom. The molecule has 0 unspecified atom stereocenters. The molecule has 1 heterocycles. The Labute approximate surface area is 70.4 Å². The maximum absolute atomic E-state index is 5.34. The van der Waals surface area contributed by atoms with Gasteiger partial charge >= 0.3 is 0 Å². The van der Waals surface area contributed by atoms with Gasteiger partial charge in [0.05, 0.1) is 8.07 Å². The van der Waals surface area contributed by atoms with Crippen LogP contribution in [0.4, 0.5) is 0 Å². The Bertz CT molecular complexity index is 180. The number of terminal acetylenes is 2. The van der Waals surface area contributed by atoms with Crippen molar-refractivity contribution in [3.05, 3.63) is 0 Å². The molecule has 58 valence electrons. The van der Waals surface area contributed by atoms with Crippen molar-refractivity contribution in [1.29, 1.82) is 0 Å². The summed E-state index contributed by atoms with van der Waals surface area (Å²) in [5, 5.41) is 0. The first-order valence-electron chi connectivity index (χ1n) is 4.20. The Morgan fingerprint density at radius 2 is 1.45 bits per heavy atom. The molecule has 0 aliphatic carbocycles. The van der Waals surface area contributed by atoms with Crippen LogP contribution in [0.2, 0.25) is 24.2 Å². The van der Waals surface area contributed by atoms with Crippen molar-refractivity contribution in [2.45, 2.75) is 37.0 Å². The van der Waals surface area contributed by atoms with Gasteiger partial charge in [-0.3, -0.25) is 0 Å². The predicted molar refractivity (Wildman–Crippen MR) is 51.9 cm³/mol. The zero-order valence-corrected chi connectivity index (χ0v) is 7.90. The van der Waals surface area contributed by atoms with E-state index >= 15 is 0 Å². The first-order chi connectivity index (χ1) is 5.33. The molecule has 11 heavy (non-hydrogen) atoms. The van der Waals surface area contributed by atoms with Gasteiger partial charge in [0.2, 0.25) is 0 Å². The van der Waals surface area contributed by atoms with E-state index in [9.17, 15) is 0 Å². The average Bonchev–Trinajstić information content (AvgIpc) is 2.39. The Morgan fingerprint density at radius 3 is 1.82 bits per heavy atom. The zero-order chi connectivity index (χ0) is 8.16. The number of hydrogen-bond donors (Lipinski definition) is 0. The third-order valence-corrected chi connectivity index (χ3v) is 7.36. The van der Waals surface area contributed by atoms with Gasteiger partial charge in [-0.25, -0.2) is 0 Å². The highest BCUT2D eigenvalue weighted by Crippen LogP contribution is 2.35. The molecule has 0 aromatic rings. The maximum atomic E-state index is 5.34. The summed E-state index contributed by atoms with van der Waals surface area (Å²) in [7, 11) is -1.10. The second-order valence-corrected chi connectivity index (χ2v) is 8.18. The largest absolute Gasteiger partial charge is 0.120 e. The van der Waals surface area contributed by atoms with Crippen LogP contribution in [0.1, 0.15) is 12.8 Å². The molecule has 0 amide bonds. The second-order valence-electron chi connectivity index (χ2n) is 3.47. The monoisotopic (exact) mass is 162 g/mol. The van der Waals surface area contributed by atoms with Crippen LogP contribution in [0, 0.1) is 24.7 Å². The summed E-state index contributed by atoms with van der Waals surface area (Å²) in [6.07, 6.45) is 13.4. The molecule has 0 aromatic carbocycles. The Hall–Kier alpha value is -0.663. The molecule has 0 aromatic heterocycles. The van der Waals surface area contributed by atoms with Crippen LogP contribution in [0.15, 0.2) is 0 Å². The first kappa shape index (κ1) is 8.43. The molecule has 0 nitrogen and oxygen atoms in total. The molecule has 0 bridgehead atoms. The molecule has 0 radical (unpaired) electrons. The molecule has 0 spiro atoms. The van der Waals surface area contributed by atoms with E-state index in [2.05, 4.69) is 11.8 Å². The summed E-state index contributed by atoms with van der Waals surface area (Å²) in [4.78, 5) is 0. The molecule has 0 atom stereocenters. The van der Waals surface area contributed by atoms with E-state index in [0.29, 0.717) is 0 Å². The molecule has 0 saturated carbocycles. The van der Waals surface area contributed by atoms with Crippen molar-refractivity contribution < 1.29 is 0 Å². The van der Waals surface area contributed by atoms with Gasteiger partial charge in [-0.1, -0.05) is 24.9 Å². The standard InChI is InChI=1S/C10H14Si/c1-3-7-11(8-4-2)9-5-6-10-11/h1-2H,5-10H2. The third kappa shape index (κ3) is 1.88. The predicted octanol–water partition coefficient (Wildman–Crippen LogP) is 2.50. The second kappa shape index (κ2) is 3.65. The first-order valence-corrected chi connectivity index (χ1v) is 7.03. The highest BCUT2D eigenvalue weighted by atomic mass is 28.3. The molecule has 0 N–H and O–H groups in total. The van der Waals surface area contributed by atoms with E-state index in [1.807, 2.05) is 0 Å². The lowest BCUT2D eigenvalue weighted by molar-refractivity contribution is 0.935. The van der Waals surface area contributed by atoms with E-state index in [-0.39, 0.29) is 0 Å². The number of rotatable bonds is 2. The summed E-state index contributed by atoms with van der Waals surface area (Å²) >= 11 is 0. The van der Waals surface area contributed by atoms with Gasteiger partial charge in [-0.2, -0.15) is 0 Å². The fraction of sp³-hybridized carbons (Fsp3) is 0.600. The van der Waals surface area contributed by atoms with Crippen LogP contribution in [0.25, 0.3) is 0 Å². The molecule has 1 aliphatic heterocycles. The van der Waals surface area contributed by atoms with Gasteiger partial charge in [-0.15, -0.1) is 24.7 Å². The van der Waals surface area contributed by atoms with Crippen LogP contribution in [-0.4, -0.2) is 8.07 Å². The topological polar surface area (TPSA) is 0 Å².